The fourth-order valence-corrected chi connectivity index (χ4v) is 3.40. The van der Waals surface area contributed by atoms with Crippen molar-refractivity contribution in [3.8, 4) is 0 Å². The summed E-state index contributed by atoms with van der Waals surface area (Å²) in [5, 5.41) is 0. The van der Waals surface area contributed by atoms with Crippen molar-refractivity contribution in [2.24, 2.45) is 0 Å². The topological polar surface area (TPSA) is 66.4 Å². The number of hydrogen-bond donors (Lipinski definition) is 0. The van der Waals surface area contributed by atoms with Crippen molar-refractivity contribution in [1.29, 1.82) is 0 Å². The number of carbonyl (C=O) groups is 2. The Bertz CT molecular complexity index is 849. The third kappa shape index (κ3) is 4.43. The highest BCUT2D eigenvalue weighted by Crippen LogP contribution is 2.17. The van der Waals surface area contributed by atoms with Crippen molar-refractivity contribution in [3.05, 3.63) is 35.2 Å². The number of amides is 2. The highest BCUT2D eigenvalue weighted by molar-refractivity contribution is 5.97. The van der Waals surface area contributed by atoms with E-state index in [4.69, 9.17) is 0 Å². The molecule has 0 spiro atoms. The van der Waals surface area contributed by atoms with Crippen LogP contribution in [0.5, 0.6) is 0 Å². The van der Waals surface area contributed by atoms with E-state index in [1.54, 1.807) is 0 Å². The van der Waals surface area contributed by atoms with E-state index in [9.17, 15) is 9.59 Å². The predicted molar refractivity (Wildman–Crippen MR) is 106 cm³/mol. The van der Waals surface area contributed by atoms with Gasteiger partial charge >= 0.3 is 0 Å². The van der Waals surface area contributed by atoms with Gasteiger partial charge in [0.2, 0.25) is 5.91 Å². The van der Waals surface area contributed by atoms with Crippen LogP contribution in [-0.2, 0) is 4.79 Å². The summed E-state index contributed by atoms with van der Waals surface area (Å²) in [6.07, 6.45) is 3.37. The maximum absolute atomic E-state index is 13.0. The lowest BCUT2D eigenvalue weighted by atomic mass is 10.1. The smallest absolute Gasteiger partial charge is 0.253 e. The number of aryl methyl sites for hydroxylation is 2. The summed E-state index contributed by atoms with van der Waals surface area (Å²) in [6.45, 7) is 8.54. The second kappa shape index (κ2) is 8.46. The van der Waals surface area contributed by atoms with Crippen LogP contribution in [0.3, 0.4) is 0 Å². The van der Waals surface area contributed by atoms with Crippen LogP contribution in [0.25, 0.3) is 11.0 Å². The lowest BCUT2D eigenvalue weighted by Gasteiger charge is -2.22. The largest absolute Gasteiger partial charge is 0.341 e. The van der Waals surface area contributed by atoms with Crippen LogP contribution < -0.4 is 0 Å². The molecule has 1 fully saturated rings. The molecule has 6 nitrogen and oxygen atoms in total. The van der Waals surface area contributed by atoms with Crippen LogP contribution >= 0.6 is 0 Å². The van der Waals surface area contributed by atoms with Crippen molar-refractivity contribution < 1.29 is 9.59 Å². The lowest BCUT2D eigenvalue weighted by Crippen LogP contribution is -2.37. The zero-order valence-corrected chi connectivity index (χ0v) is 16.5. The Balaban J connectivity index is 1.71. The van der Waals surface area contributed by atoms with Crippen molar-refractivity contribution >= 4 is 22.8 Å². The fourth-order valence-electron chi connectivity index (χ4n) is 3.40. The number of rotatable bonds is 4. The summed E-state index contributed by atoms with van der Waals surface area (Å²) in [4.78, 5) is 38.1. The van der Waals surface area contributed by atoms with Gasteiger partial charge in [0.25, 0.3) is 5.91 Å². The number of carbonyl (C=O) groups excluding carboxylic acids is 2. The van der Waals surface area contributed by atoms with E-state index in [1.807, 2.05) is 41.8 Å². The van der Waals surface area contributed by atoms with E-state index in [0.717, 1.165) is 48.2 Å². The summed E-state index contributed by atoms with van der Waals surface area (Å²) in [5.74, 6) is 0.206. The molecule has 2 aromatic rings. The second-order valence-corrected chi connectivity index (χ2v) is 7.23. The average molecular weight is 368 g/mol. The van der Waals surface area contributed by atoms with Crippen molar-refractivity contribution in [1.82, 2.24) is 19.8 Å². The summed E-state index contributed by atoms with van der Waals surface area (Å²) >= 11 is 0. The van der Waals surface area contributed by atoms with Crippen LogP contribution in [0.4, 0.5) is 0 Å². The second-order valence-electron chi connectivity index (χ2n) is 7.23. The van der Waals surface area contributed by atoms with E-state index in [1.165, 1.54) is 0 Å². The minimum absolute atomic E-state index is 0.000199. The predicted octanol–water partition coefficient (Wildman–Crippen LogP) is 3.11. The summed E-state index contributed by atoms with van der Waals surface area (Å²) in [5.41, 5.74) is 3.96. The SMILES string of the molecule is CCCCC(=O)N1CCCN(C(=O)c2ccc3nc(C)c(C)nc3c2)CC1. The molecule has 27 heavy (non-hydrogen) atoms. The third-order valence-electron chi connectivity index (χ3n) is 5.20. The average Bonchev–Trinajstić information content (AvgIpc) is 2.92. The zero-order chi connectivity index (χ0) is 19.4. The van der Waals surface area contributed by atoms with E-state index in [0.29, 0.717) is 31.6 Å². The minimum Gasteiger partial charge on any atom is -0.341 e. The van der Waals surface area contributed by atoms with E-state index in [-0.39, 0.29) is 11.8 Å². The standard InChI is InChI=1S/C21H28N4O2/c1-4-5-7-20(26)24-10-6-11-25(13-12-24)21(27)17-8-9-18-19(14-17)23-16(3)15(2)22-18/h8-9,14H,4-7,10-13H2,1-3H3. The van der Waals surface area contributed by atoms with E-state index < -0.39 is 0 Å². The molecule has 0 bridgehead atoms. The first kappa shape index (κ1) is 19.3. The quantitative estimate of drug-likeness (QED) is 0.832. The number of nitrogens with zero attached hydrogens (tertiary/aromatic N) is 4. The molecule has 1 aliphatic heterocycles. The molecule has 0 N–H and O–H groups in total. The third-order valence-corrected chi connectivity index (χ3v) is 5.20. The first-order valence-corrected chi connectivity index (χ1v) is 9.81. The molecule has 1 aliphatic rings. The van der Waals surface area contributed by atoms with Crippen molar-refractivity contribution in [2.75, 3.05) is 26.2 Å². The maximum atomic E-state index is 13.0. The number of benzene rings is 1. The Morgan fingerprint density at radius 1 is 0.963 bits per heavy atom. The summed E-state index contributed by atoms with van der Waals surface area (Å²) in [6, 6.07) is 5.51. The van der Waals surface area contributed by atoms with Crippen LogP contribution in [0.2, 0.25) is 0 Å². The van der Waals surface area contributed by atoms with Gasteiger partial charge in [-0.3, -0.25) is 9.59 Å². The molecular weight excluding hydrogens is 340 g/mol. The molecule has 1 aromatic carbocycles. The molecule has 0 radical (unpaired) electrons. The van der Waals surface area contributed by atoms with E-state index >= 15 is 0 Å². The summed E-state index contributed by atoms with van der Waals surface area (Å²) in [7, 11) is 0. The Hall–Kier alpha value is -2.50. The lowest BCUT2D eigenvalue weighted by molar-refractivity contribution is -0.131. The van der Waals surface area contributed by atoms with Gasteiger partial charge in [0.15, 0.2) is 0 Å². The molecular formula is C21H28N4O2. The molecule has 3 rings (SSSR count). The summed E-state index contributed by atoms with van der Waals surface area (Å²) < 4.78 is 0. The molecule has 0 unspecified atom stereocenters. The van der Waals surface area contributed by atoms with Gasteiger partial charge in [0, 0.05) is 38.2 Å². The van der Waals surface area contributed by atoms with Crippen LogP contribution in [-0.4, -0.2) is 57.8 Å². The fraction of sp³-hybridized carbons (Fsp3) is 0.524. The van der Waals surface area contributed by atoms with Gasteiger partial charge in [0.05, 0.1) is 22.4 Å². The number of aromatic nitrogens is 2. The Morgan fingerprint density at radius 2 is 1.63 bits per heavy atom. The first-order chi connectivity index (χ1) is 13.0. The normalized spacial score (nSPS) is 15.1. The molecule has 144 valence electrons. The highest BCUT2D eigenvalue weighted by atomic mass is 16.2. The first-order valence-electron chi connectivity index (χ1n) is 9.81. The van der Waals surface area contributed by atoms with Crippen LogP contribution in [0.15, 0.2) is 18.2 Å². The van der Waals surface area contributed by atoms with Gasteiger partial charge in [-0.2, -0.15) is 0 Å². The van der Waals surface area contributed by atoms with Gasteiger partial charge in [-0.1, -0.05) is 13.3 Å². The van der Waals surface area contributed by atoms with E-state index in [2.05, 4.69) is 16.9 Å². The highest BCUT2D eigenvalue weighted by Gasteiger charge is 2.23. The van der Waals surface area contributed by atoms with Gasteiger partial charge in [-0.25, -0.2) is 9.97 Å². The zero-order valence-electron chi connectivity index (χ0n) is 16.5. The van der Waals surface area contributed by atoms with Crippen molar-refractivity contribution in [2.45, 2.75) is 46.5 Å². The van der Waals surface area contributed by atoms with Gasteiger partial charge in [-0.15, -0.1) is 0 Å². The molecule has 2 amide bonds. The number of unbranched alkanes of at least 4 members (excludes halogenated alkanes) is 1. The molecule has 1 aromatic heterocycles. The van der Waals surface area contributed by atoms with Crippen LogP contribution in [0, 0.1) is 13.8 Å². The molecule has 6 heteroatoms. The Labute approximate surface area is 160 Å². The monoisotopic (exact) mass is 368 g/mol. The van der Waals surface area contributed by atoms with Crippen LogP contribution in [0.1, 0.15) is 54.4 Å². The maximum Gasteiger partial charge on any atom is 0.253 e. The minimum atomic E-state index is -0.000199. The number of fused-ring (bicyclic) bond motifs is 1. The van der Waals surface area contributed by atoms with Crippen molar-refractivity contribution in [3.63, 3.8) is 0 Å². The molecule has 0 atom stereocenters. The molecule has 0 aliphatic carbocycles. The Kier molecular flexibility index (Phi) is 6.04. The number of hydrogen-bond acceptors (Lipinski definition) is 4. The molecule has 2 heterocycles. The van der Waals surface area contributed by atoms with Gasteiger partial charge < -0.3 is 9.80 Å². The Morgan fingerprint density at radius 3 is 2.37 bits per heavy atom. The van der Waals surface area contributed by atoms with Gasteiger partial charge in [0.1, 0.15) is 0 Å². The van der Waals surface area contributed by atoms with Gasteiger partial charge in [-0.05, 0) is 44.9 Å². The molecule has 1 saturated heterocycles. The molecule has 0 saturated carbocycles.